The van der Waals surface area contributed by atoms with Crippen molar-refractivity contribution < 1.29 is 9.50 Å². The summed E-state index contributed by atoms with van der Waals surface area (Å²) in [6.45, 7) is 2.74. The third-order valence-electron chi connectivity index (χ3n) is 4.39. The van der Waals surface area contributed by atoms with Crippen LogP contribution in [0.3, 0.4) is 0 Å². The Bertz CT molecular complexity index is 580. The predicted octanol–water partition coefficient (Wildman–Crippen LogP) is 3.17. The predicted molar refractivity (Wildman–Crippen MR) is 83.6 cm³/mol. The summed E-state index contributed by atoms with van der Waals surface area (Å²) < 4.78 is 12.9. The second-order valence-electron chi connectivity index (χ2n) is 5.94. The number of piperidine rings is 1. The van der Waals surface area contributed by atoms with E-state index in [9.17, 15) is 9.50 Å². The zero-order valence-corrected chi connectivity index (χ0v) is 12.5. The number of aliphatic hydroxyl groups is 1. The van der Waals surface area contributed by atoms with Gasteiger partial charge in [0.2, 0.25) is 0 Å². The smallest absolute Gasteiger partial charge is 0.123 e. The molecule has 116 valence electrons. The van der Waals surface area contributed by atoms with Crippen molar-refractivity contribution in [3.05, 3.63) is 65.7 Å². The minimum atomic E-state index is -0.478. The monoisotopic (exact) mass is 300 g/mol. The minimum absolute atomic E-state index is 0.194. The molecule has 2 heterocycles. The lowest BCUT2D eigenvalue weighted by Crippen LogP contribution is -2.35. The van der Waals surface area contributed by atoms with Crippen LogP contribution < -0.4 is 0 Å². The van der Waals surface area contributed by atoms with Crippen LogP contribution in [-0.4, -0.2) is 28.1 Å². The van der Waals surface area contributed by atoms with Gasteiger partial charge in [0.25, 0.3) is 0 Å². The molecule has 1 atom stereocenters. The summed E-state index contributed by atoms with van der Waals surface area (Å²) >= 11 is 0. The van der Waals surface area contributed by atoms with Crippen LogP contribution in [0, 0.1) is 11.7 Å². The summed E-state index contributed by atoms with van der Waals surface area (Å²) in [5.74, 6) is 0.0697. The molecule has 0 aliphatic carbocycles. The van der Waals surface area contributed by atoms with Crippen LogP contribution >= 0.6 is 0 Å². The highest BCUT2D eigenvalue weighted by molar-refractivity contribution is 5.16. The van der Waals surface area contributed by atoms with Crippen LogP contribution in [0.1, 0.15) is 30.2 Å². The van der Waals surface area contributed by atoms with Gasteiger partial charge >= 0.3 is 0 Å². The fraction of sp³-hybridized carbons (Fsp3) is 0.389. The SMILES string of the molecule is O[C@H](c1ccccn1)C1CCN(Cc2ccc(F)cc2)CC1. The number of pyridine rings is 1. The molecule has 0 radical (unpaired) electrons. The molecule has 0 unspecified atom stereocenters. The Morgan fingerprint density at radius 2 is 1.86 bits per heavy atom. The lowest BCUT2D eigenvalue weighted by molar-refractivity contribution is 0.0540. The normalized spacial score (nSPS) is 18.3. The molecule has 2 aromatic rings. The zero-order chi connectivity index (χ0) is 15.4. The van der Waals surface area contributed by atoms with Crippen molar-refractivity contribution in [2.45, 2.75) is 25.5 Å². The van der Waals surface area contributed by atoms with Crippen LogP contribution in [0.2, 0.25) is 0 Å². The Kier molecular flexibility index (Phi) is 4.80. The number of halogens is 1. The second-order valence-corrected chi connectivity index (χ2v) is 5.94. The largest absolute Gasteiger partial charge is 0.387 e. The summed E-state index contributed by atoms with van der Waals surface area (Å²) in [4.78, 5) is 6.61. The molecule has 1 aliphatic rings. The molecule has 1 fully saturated rings. The van der Waals surface area contributed by atoms with Gasteiger partial charge in [-0.15, -0.1) is 0 Å². The third kappa shape index (κ3) is 3.70. The summed E-state index contributed by atoms with van der Waals surface area (Å²) in [7, 11) is 0. The summed E-state index contributed by atoms with van der Waals surface area (Å²) in [5, 5.41) is 10.4. The van der Waals surface area contributed by atoms with E-state index in [4.69, 9.17) is 0 Å². The summed E-state index contributed by atoms with van der Waals surface area (Å²) in [5.41, 5.74) is 1.89. The van der Waals surface area contributed by atoms with Crippen molar-refractivity contribution >= 4 is 0 Å². The van der Waals surface area contributed by atoms with Gasteiger partial charge in [-0.05, 0) is 61.7 Å². The van der Waals surface area contributed by atoms with Crippen molar-refractivity contribution in [2.24, 2.45) is 5.92 Å². The number of likely N-dealkylation sites (tertiary alicyclic amines) is 1. The molecule has 1 N–H and O–H groups in total. The highest BCUT2D eigenvalue weighted by Gasteiger charge is 2.26. The highest BCUT2D eigenvalue weighted by atomic mass is 19.1. The first-order valence-electron chi connectivity index (χ1n) is 7.78. The summed E-state index contributed by atoms with van der Waals surface area (Å²) in [6, 6.07) is 12.3. The first kappa shape index (κ1) is 15.1. The number of aliphatic hydroxyl groups excluding tert-OH is 1. The fourth-order valence-electron chi connectivity index (χ4n) is 3.07. The molecule has 3 nitrogen and oxygen atoms in total. The van der Waals surface area contributed by atoms with Crippen molar-refractivity contribution in [2.75, 3.05) is 13.1 Å². The lowest BCUT2D eigenvalue weighted by atomic mass is 9.89. The van der Waals surface area contributed by atoms with Gasteiger partial charge in [-0.3, -0.25) is 9.88 Å². The average Bonchev–Trinajstić information content (AvgIpc) is 2.58. The maximum Gasteiger partial charge on any atom is 0.123 e. The molecule has 22 heavy (non-hydrogen) atoms. The van der Waals surface area contributed by atoms with E-state index in [1.54, 1.807) is 6.20 Å². The number of rotatable bonds is 4. The second kappa shape index (κ2) is 6.99. The van der Waals surface area contributed by atoms with Gasteiger partial charge in [0.05, 0.1) is 11.8 Å². The van der Waals surface area contributed by atoms with E-state index < -0.39 is 6.10 Å². The van der Waals surface area contributed by atoms with Gasteiger partial charge in [0.1, 0.15) is 5.82 Å². The van der Waals surface area contributed by atoms with Gasteiger partial charge in [0.15, 0.2) is 0 Å². The molecule has 1 saturated heterocycles. The van der Waals surface area contributed by atoms with Gasteiger partial charge in [-0.25, -0.2) is 4.39 Å². The molecule has 0 amide bonds. The molecule has 3 rings (SSSR count). The molecule has 0 spiro atoms. The molecule has 1 aromatic carbocycles. The third-order valence-corrected chi connectivity index (χ3v) is 4.39. The van der Waals surface area contributed by atoms with Crippen molar-refractivity contribution in [1.29, 1.82) is 0 Å². The van der Waals surface area contributed by atoms with E-state index in [-0.39, 0.29) is 11.7 Å². The molecule has 1 aliphatic heterocycles. The standard InChI is InChI=1S/C18H21FN2O/c19-16-6-4-14(5-7-16)13-21-11-8-15(9-12-21)18(22)17-3-1-2-10-20-17/h1-7,10,15,18,22H,8-9,11-13H2/t18-/m0/s1. The Morgan fingerprint density at radius 3 is 2.50 bits per heavy atom. The molecule has 0 saturated carbocycles. The molecular weight excluding hydrogens is 279 g/mol. The lowest BCUT2D eigenvalue weighted by Gasteiger charge is -2.34. The number of hydrogen-bond acceptors (Lipinski definition) is 3. The van der Waals surface area contributed by atoms with E-state index >= 15 is 0 Å². The molecule has 4 heteroatoms. The number of hydrogen-bond donors (Lipinski definition) is 1. The van der Waals surface area contributed by atoms with Gasteiger partial charge in [0, 0.05) is 12.7 Å². The van der Waals surface area contributed by atoms with E-state index in [0.717, 1.165) is 43.7 Å². The maximum absolute atomic E-state index is 12.9. The van der Waals surface area contributed by atoms with Crippen molar-refractivity contribution in [3.63, 3.8) is 0 Å². The zero-order valence-electron chi connectivity index (χ0n) is 12.5. The molecule has 0 bridgehead atoms. The quantitative estimate of drug-likeness (QED) is 0.942. The van der Waals surface area contributed by atoms with Crippen LogP contribution in [0.25, 0.3) is 0 Å². The fourth-order valence-corrected chi connectivity index (χ4v) is 3.07. The Morgan fingerprint density at radius 1 is 1.14 bits per heavy atom. The van der Waals surface area contributed by atoms with Gasteiger partial charge < -0.3 is 5.11 Å². The number of nitrogens with zero attached hydrogens (tertiary/aromatic N) is 2. The minimum Gasteiger partial charge on any atom is -0.387 e. The Hall–Kier alpha value is -1.78. The molecule has 1 aromatic heterocycles. The van der Waals surface area contributed by atoms with E-state index in [1.807, 2.05) is 30.3 Å². The number of benzene rings is 1. The van der Waals surface area contributed by atoms with Crippen LogP contribution in [0.5, 0.6) is 0 Å². The first-order chi connectivity index (χ1) is 10.7. The van der Waals surface area contributed by atoms with Crippen LogP contribution in [0.4, 0.5) is 4.39 Å². The van der Waals surface area contributed by atoms with Crippen molar-refractivity contribution in [3.8, 4) is 0 Å². The summed E-state index contributed by atoms with van der Waals surface area (Å²) in [6.07, 6.45) is 3.16. The van der Waals surface area contributed by atoms with Crippen molar-refractivity contribution in [1.82, 2.24) is 9.88 Å². The maximum atomic E-state index is 12.9. The average molecular weight is 300 g/mol. The first-order valence-corrected chi connectivity index (χ1v) is 7.78. The van der Waals surface area contributed by atoms with Crippen LogP contribution in [0.15, 0.2) is 48.7 Å². The van der Waals surface area contributed by atoms with Crippen LogP contribution in [-0.2, 0) is 6.54 Å². The number of aromatic nitrogens is 1. The topological polar surface area (TPSA) is 36.4 Å². The Labute approximate surface area is 130 Å². The van der Waals surface area contributed by atoms with Gasteiger partial charge in [-0.2, -0.15) is 0 Å². The van der Waals surface area contributed by atoms with Gasteiger partial charge in [-0.1, -0.05) is 18.2 Å². The van der Waals surface area contributed by atoms with E-state index in [1.165, 1.54) is 12.1 Å². The Balaban J connectivity index is 1.53. The van der Waals surface area contributed by atoms with E-state index in [0.29, 0.717) is 0 Å². The van der Waals surface area contributed by atoms with E-state index in [2.05, 4.69) is 9.88 Å². The highest BCUT2D eigenvalue weighted by Crippen LogP contribution is 2.30. The molecular formula is C18H21FN2O.